The van der Waals surface area contributed by atoms with Crippen molar-refractivity contribution in [3.05, 3.63) is 30.0 Å². The number of likely N-dealkylation sites (tertiary alicyclic amines) is 1. The summed E-state index contributed by atoms with van der Waals surface area (Å²) in [4.78, 5) is 42.3. The van der Waals surface area contributed by atoms with Gasteiger partial charge < -0.3 is 34.8 Å². The maximum absolute atomic E-state index is 13.3. The van der Waals surface area contributed by atoms with Crippen molar-refractivity contribution in [3.8, 4) is 5.75 Å². The lowest BCUT2D eigenvalue weighted by Gasteiger charge is -2.43. The highest BCUT2D eigenvalue weighted by Crippen LogP contribution is 2.40. The number of nitrogens with zero attached hydrogens (tertiary/aromatic N) is 5. The third-order valence-corrected chi connectivity index (χ3v) is 9.40. The zero-order valence-electron chi connectivity index (χ0n) is 25.7. The van der Waals surface area contributed by atoms with E-state index in [1.807, 2.05) is 12.1 Å². The number of amides is 2. The quantitative estimate of drug-likeness (QED) is 0.445. The first kappa shape index (κ1) is 29.6. The average molecular weight is 592 g/mol. The molecule has 232 valence electrons. The van der Waals surface area contributed by atoms with Crippen LogP contribution in [0, 0.1) is 0 Å². The van der Waals surface area contributed by atoms with E-state index in [0.717, 1.165) is 82.6 Å². The second kappa shape index (κ2) is 13.1. The molecule has 2 atom stereocenters. The Balaban J connectivity index is 1.26. The summed E-state index contributed by atoms with van der Waals surface area (Å²) >= 11 is 0. The molecule has 6 rings (SSSR count). The van der Waals surface area contributed by atoms with Crippen molar-refractivity contribution < 1.29 is 19.1 Å². The lowest BCUT2D eigenvalue weighted by Crippen LogP contribution is -2.55. The first-order chi connectivity index (χ1) is 20.9. The van der Waals surface area contributed by atoms with E-state index in [9.17, 15) is 9.59 Å². The third-order valence-electron chi connectivity index (χ3n) is 9.40. The van der Waals surface area contributed by atoms with E-state index in [0.29, 0.717) is 36.0 Å². The molecule has 1 aromatic carbocycles. The van der Waals surface area contributed by atoms with Crippen LogP contribution in [0.25, 0.3) is 0 Å². The van der Waals surface area contributed by atoms with E-state index in [4.69, 9.17) is 14.5 Å². The van der Waals surface area contributed by atoms with Gasteiger partial charge in [0.2, 0.25) is 11.9 Å². The van der Waals surface area contributed by atoms with Crippen LogP contribution in [0.1, 0.15) is 75.1 Å². The molecule has 0 spiro atoms. The first-order valence-electron chi connectivity index (χ1n) is 16.0. The number of carbonyl (C=O) groups excluding carboxylic acids is 2. The summed E-state index contributed by atoms with van der Waals surface area (Å²) in [6, 6.07) is 5.68. The molecule has 2 amide bonds. The lowest BCUT2D eigenvalue weighted by molar-refractivity contribution is -0.120. The van der Waals surface area contributed by atoms with Gasteiger partial charge in [-0.2, -0.15) is 4.98 Å². The van der Waals surface area contributed by atoms with Crippen LogP contribution in [0.2, 0.25) is 0 Å². The van der Waals surface area contributed by atoms with E-state index < -0.39 is 0 Å². The number of piperidine rings is 1. The van der Waals surface area contributed by atoms with Crippen molar-refractivity contribution >= 4 is 35.0 Å². The molecule has 11 heteroatoms. The number of likely N-dealkylation sites (N-methyl/N-ethyl adjacent to an activating group) is 1. The molecule has 4 aliphatic rings. The van der Waals surface area contributed by atoms with Gasteiger partial charge in [0.15, 0.2) is 5.82 Å². The number of rotatable bonds is 9. The molecule has 1 saturated carbocycles. The van der Waals surface area contributed by atoms with E-state index in [1.165, 1.54) is 0 Å². The molecule has 3 aliphatic heterocycles. The number of aromatic nitrogens is 2. The van der Waals surface area contributed by atoms with Crippen LogP contribution < -0.4 is 25.2 Å². The Labute approximate surface area is 254 Å². The molecule has 2 aromatic rings. The number of fused-ring (bicyclic) bond motifs is 1. The Morgan fingerprint density at radius 2 is 1.88 bits per heavy atom. The Bertz CT molecular complexity index is 1300. The molecule has 43 heavy (non-hydrogen) atoms. The number of hydrogen-bond donors (Lipinski definition) is 2. The van der Waals surface area contributed by atoms with Gasteiger partial charge in [-0.25, -0.2) is 4.98 Å². The van der Waals surface area contributed by atoms with Crippen molar-refractivity contribution in [2.24, 2.45) is 0 Å². The molecular formula is C32H45N7O4. The van der Waals surface area contributed by atoms with Gasteiger partial charge in [-0.3, -0.25) is 9.59 Å². The van der Waals surface area contributed by atoms with Gasteiger partial charge in [-0.1, -0.05) is 19.8 Å². The molecule has 1 aromatic heterocycles. The third kappa shape index (κ3) is 6.43. The number of anilines is 4. The Hall–Kier alpha value is -3.44. The van der Waals surface area contributed by atoms with E-state index in [1.54, 1.807) is 24.2 Å². The van der Waals surface area contributed by atoms with Gasteiger partial charge in [0.05, 0.1) is 18.0 Å². The standard InChI is InChI=1S/C32H45N7O4/c1-4-26-31(41)38(3)27-19-33-32(36-29(27)39(26)23-8-5-6-9-23)35-25-12-11-21(18-28(25)43-20-24-10-7-17-42-24)30(40)34-22-13-15-37(2)16-14-22/h11-12,18-19,22-24,26H,4-10,13-17,20H2,1-3H3,(H,34,40)(H,33,35,36). The minimum atomic E-state index is -0.240. The van der Waals surface area contributed by atoms with E-state index >= 15 is 0 Å². The van der Waals surface area contributed by atoms with Gasteiger partial charge in [0, 0.05) is 31.3 Å². The lowest BCUT2D eigenvalue weighted by atomic mass is 10.0. The fourth-order valence-electron chi connectivity index (χ4n) is 6.83. The minimum absolute atomic E-state index is 0.0311. The maximum Gasteiger partial charge on any atom is 0.251 e. The zero-order chi connectivity index (χ0) is 29.9. The Kier molecular flexibility index (Phi) is 8.99. The molecule has 1 aliphatic carbocycles. The topological polar surface area (TPSA) is 112 Å². The number of hydrogen-bond acceptors (Lipinski definition) is 9. The van der Waals surface area contributed by atoms with Gasteiger partial charge >= 0.3 is 0 Å². The number of nitrogens with one attached hydrogen (secondary N) is 2. The molecule has 0 bridgehead atoms. The molecule has 0 radical (unpaired) electrons. The van der Waals surface area contributed by atoms with Gasteiger partial charge in [0.25, 0.3) is 5.91 Å². The second-order valence-electron chi connectivity index (χ2n) is 12.4. The smallest absolute Gasteiger partial charge is 0.251 e. The fourth-order valence-corrected chi connectivity index (χ4v) is 6.83. The zero-order valence-corrected chi connectivity index (χ0v) is 25.7. The van der Waals surface area contributed by atoms with Crippen LogP contribution in [0.3, 0.4) is 0 Å². The fraction of sp³-hybridized carbons (Fsp3) is 0.625. The maximum atomic E-state index is 13.3. The van der Waals surface area contributed by atoms with Crippen molar-refractivity contribution in [1.82, 2.24) is 20.2 Å². The summed E-state index contributed by atoms with van der Waals surface area (Å²) in [6.07, 6.45) is 10.8. The average Bonchev–Trinajstić information content (AvgIpc) is 3.74. The monoisotopic (exact) mass is 591 g/mol. The molecule has 11 nitrogen and oxygen atoms in total. The highest BCUT2D eigenvalue weighted by molar-refractivity contribution is 6.04. The molecule has 4 heterocycles. The van der Waals surface area contributed by atoms with Crippen molar-refractivity contribution in [2.75, 3.05) is 55.5 Å². The molecular weight excluding hydrogens is 546 g/mol. The largest absolute Gasteiger partial charge is 0.489 e. The minimum Gasteiger partial charge on any atom is -0.489 e. The number of carbonyl (C=O) groups is 2. The second-order valence-corrected chi connectivity index (χ2v) is 12.4. The van der Waals surface area contributed by atoms with Crippen molar-refractivity contribution in [3.63, 3.8) is 0 Å². The summed E-state index contributed by atoms with van der Waals surface area (Å²) in [6.45, 7) is 5.16. The predicted molar refractivity (Wildman–Crippen MR) is 166 cm³/mol. The Morgan fingerprint density at radius 3 is 2.60 bits per heavy atom. The first-order valence-corrected chi connectivity index (χ1v) is 16.0. The van der Waals surface area contributed by atoms with Crippen LogP contribution in [0.5, 0.6) is 5.75 Å². The van der Waals surface area contributed by atoms with E-state index in [2.05, 4.69) is 39.4 Å². The summed E-state index contributed by atoms with van der Waals surface area (Å²) in [7, 11) is 3.92. The molecule has 3 fully saturated rings. The molecule has 2 saturated heterocycles. The van der Waals surface area contributed by atoms with Crippen LogP contribution >= 0.6 is 0 Å². The number of benzene rings is 1. The van der Waals surface area contributed by atoms with Crippen LogP contribution in [-0.2, 0) is 9.53 Å². The summed E-state index contributed by atoms with van der Waals surface area (Å²) in [5.74, 6) is 1.75. The van der Waals surface area contributed by atoms with Gasteiger partial charge in [0.1, 0.15) is 24.1 Å². The Morgan fingerprint density at radius 1 is 1.09 bits per heavy atom. The number of ether oxygens (including phenoxy) is 2. The summed E-state index contributed by atoms with van der Waals surface area (Å²) < 4.78 is 12.1. The van der Waals surface area contributed by atoms with Crippen molar-refractivity contribution in [2.45, 2.75) is 88.9 Å². The normalized spacial score (nSPS) is 23.5. The van der Waals surface area contributed by atoms with Crippen LogP contribution in [0.4, 0.5) is 23.1 Å². The summed E-state index contributed by atoms with van der Waals surface area (Å²) in [5.41, 5.74) is 1.95. The van der Waals surface area contributed by atoms with E-state index in [-0.39, 0.29) is 36.0 Å². The van der Waals surface area contributed by atoms with Gasteiger partial charge in [-0.05, 0) is 83.3 Å². The highest BCUT2D eigenvalue weighted by atomic mass is 16.5. The molecule has 2 unspecified atom stereocenters. The van der Waals surface area contributed by atoms with Crippen molar-refractivity contribution in [1.29, 1.82) is 0 Å². The molecule has 2 N–H and O–H groups in total. The summed E-state index contributed by atoms with van der Waals surface area (Å²) in [5, 5.41) is 6.57. The van der Waals surface area contributed by atoms with Crippen LogP contribution in [-0.4, -0.2) is 91.3 Å². The highest BCUT2D eigenvalue weighted by Gasteiger charge is 2.41. The SMILES string of the molecule is CCC1C(=O)N(C)c2cnc(Nc3ccc(C(=O)NC4CCN(C)CC4)cc3OCC3CCCO3)nc2N1C1CCCC1. The van der Waals surface area contributed by atoms with Gasteiger partial charge in [-0.15, -0.1) is 0 Å². The predicted octanol–water partition coefficient (Wildman–Crippen LogP) is 4.11. The van der Waals surface area contributed by atoms with Crippen LogP contribution in [0.15, 0.2) is 24.4 Å².